The predicted octanol–water partition coefficient (Wildman–Crippen LogP) is 2.44. The van der Waals surface area contributed by atoms with Crippen LogP contribution in [0.3, 0.4) is 0 Å². The minimum absolute atomic E-state index is 0.253. The number of nitrogens with one attached hydrogen (secondary N) is 2. The summed E-state index contributed by atoms with van der Waals surface area (Å²) in [5.74, 6) is -1.07. The lowest BCUT2D eigenvalue weighted by Crippen LogP contribution is -2.38. The van der Waals surface area contributed by atoms with Crippen molar-refractivity contribution in [2.75, 3.05) is 6.54 Å². The monoisotopic (exact) mass is 242 g/mol. The van der Waals surface area contributed by atoms with Crippen molar-refractivity contribution in [2.45, 2.75) is 39.4 Å². The van der Waals surface area contributed by atoms with Crippen LogP contribution < -0.4 is 10.6 Å². The fourth-order valence-electron chi connectivity index (χ4n) is 1.49. The van der Waals surface area contributed by atoms with E-state index in [9.17, 15) is 8.78 Å². The molecule has 1 rings (SSSR count). The second-order valence-corrected chi connectivity index (χ2v) is 4.62. The molecule has 2 N–H and O–H groups in total. The van der Waals surface area contributed by atoms with Crippen molar-refractivity contribution in [3.63, 3.8) is 0 Å². The van der Waals surface area contributed by atoms with Gasteiger partial charge in [-0.25, -0.2) is 8.78 Å². The molecule has 0 spiro atoms. The third kappa shape index (κ3) is 5.75. The Morgan fingerprint density at radius 1 is 1.00 bits per heavy atom. The molecule has 1 aromatic carbocycles. The Morgan fingerprint density at radius 3 is 2.12 bits per heavy atom. The molecular weight excluding hydrogens is 222 g/mol. The Balaban J connectivity index is 2.39. The van der Waals surface area contributed by atoms with Crippen LogP contribution in [0.5, 0.6) is 0 Å². The molecule has 0 fully saturated rings. The molecule has 0 saturated heterocycles. The van der Waals surface area contributed by atoms with Crippen molar-refractivity contribution in [1.29, 1.82) is 0 Å². The standard InChI is InChI=1S/C13H20F2N2/c1-9(2)16-7-10(3)17-8-11-4-12(14)6-13(15)5-11/h4-6,9-10,16-17H,7-8H2,1-3H3. The summed E-state index contributed by atoms with van der Waals surface area (Å²) < 4.78 is 25.9. The quantitative estimate of drug-likeness (QED) is 0.800. The molecule has 0 aliphatic heterocycles. The van der Waals surface area contributed by atoms with Gasteiger partial charge in [-0.15, -0.1) is 0 Å². The number of hydrogen-bond acceptors (Lipinski definition) is 2. The van der Waals surface area contributed by atoms with E-state index >= 15 is 0 Å². The maximum Gasteiger partial charge on any atom is 0.126 e. The first kappa shape index (κ1) is 14.1. The zero-order valence-electron chi connectivity index (χ0n) is 10.6. The van der Waals surface area contributed by atoms with Gasteiger partial charge in [0.15, 0.2) is 0 Å². The minimum atomic E-state index is -0.533. The number of halogens is 2. The molecule has 0 aromatic heterocycles. The first-order valence-corrected chi connectivity index (χ1v) is 5.89. The van der Waals surface area contributed by atoms with Gasteiger partial charge in [-0.3, -0.25) is 0 Å². The molecule has 0 aliphatic carbocycles. The van der Waals surface area contributed by atoms with Crippen LogP contribution in [-0.4, -0.2) is 18.6 Å². The van der Waals surface area contributed by atoms with E-state index in [0.29, 0.717) is 18.2 Å². The van der Waals surface area contributed by atoms with Gasteiger partial charge < -0.3 is 10.6 Å². The molecule has 1 unspecified atom stereocenters. The molecule has 4 heteroatoms. The van der Waals surface area contributed by atoms with Crippen LogP contribution in [0.1, 0.15) is 26.3 Å². The van der Waals surface area contributed by atoms with Crippen molar-refractivity contribution >= 4 is 0 Å². The Kier molecular flexibility index (Phi) is 5.51. The molecule has 0 heterocycles. The lowest BCUT2D eigenvalue weighted by molar-refractivity contribution is 0.472. The first-order valence-electron chi connectivity index (χ1n) is 5.89. The lowest BCUT2D eigenvalue weighted by Gasteiger charge is -2.16. The molecule has 0 radical (unpaired) electrons. The lowest BCUT2D eigenvalue weighted by atomic mass is 10.2. The van der Waals surface area contributed by atoms with E-state index in [-0.39, 0.29) is 6.04 Å². The van der Waals surface area contributed by atoms with E-state index in [4.69, 9.17) is 0 Å². The highest BCUT2D eigenvalue weighted by atomic mass is 19.1. The summed E-state index contributed by atoms with van der Waals surface area (Å²) in [5.41, 5.74) is 0.624. The Bertz CT molecular complexity index is 333. The largest absolute Gasteiger partial charge is 0.313 e. The Hall–Kier alpha value is -1.00. The molecule has 0 aliphatic rings. The van der Waals surface area contributed by atoms with Crippen molar-refractivity contribution in [1.82, 2.24) is 10.6 Å². The van der Waals surface area contributed by atoms with Gasteiger partial charge in [0.2, 0.25) is 0 Å². The van der Waals surface area contributed by atoms with E-state index < -0.39 is 11.6 Å². The van der Waals surface area contributed by atoms with Gasteiger partial charge >= 0.3 is 0 Å². The third-order valence-corrected chi connectivity index (χ3v) is 2.41. The van der Waals surface area contributed by atoms with Gasteiger partial charge in [0.1, 0.15) is 11.6 Å². The molecule has 0 saturated carbocycles. The summed E-state index contributed by atoms with van der Waals surface area (Å²) in [5, 5.41) is 6.51. The highest BCUT2D eigenvalue weighted by Gasteiger charge is 2.04. The van der Waals surface area contributed by atoms with E-state index in [1.807, 2.05) is 6.92 Å². The fourth-order valence-corrected chi connectivity index (χ4v) is 1.49. The normalized spacial score (nSPS) is 13.1. The van der Waals surface area contributed by atoms with Crippen LogP contribution in [0.2, 0.25) is 0 Å². The molecule has 17 heavy (non-hydrogen) atoms. The smallest absolute Gasteiger partial charge is 0.126 e. The molecule has 1 atom stereocenters. The van der Waals surface area contributed by atoms with Crippen LogP contribution in [0.25, 0.3) is 0 Å². The average Bonchev–Trinajstić information content (AvgIpc) is 2.22. The maximum atomic E-state index is 12.9. The molecule has 0 amide bonds. The molecular formula is C13H20F2N2. The summed E-state index contributed by atoms with van der Waals surface area (Å²) >= 11 is 0. The van der Waals surface area contributed by atoms with Crippen LogP contribution in [0, 0.1) is 11.6 Å². The van der Waals surface area contributed by atoms with Gasteiger partial charge in [-0.1, -0.05) is 13.8 Å². The van der Waals surface area contributed by atoms with Crippen molar-refractivity contribution < 1.29 is 8.78 Å². The van der Waals surface area contributed by atoms with Gasteiger partial charge in [0.05, 0.1) is 0 Å². The van der Waals surface area contributed by atoms with Gasteiger partial charge in [0.25, 0.3) is 0 Å². The minimum Gasteiger partial charge on any atom is -0.313 e. The van der Waals surface area contributed by atoms with Crippen molar-refractivity contribution in [2.24, 2.45) is 0 Å². The van der Waals surface area contributed by atoms with Gasteiger partial charge in [-0.05, 0) is 24.6 Å². The summed E-state index contributed by atoms with van der Waals surface area (Å²) in [7, 11) is 0. The Labute approximate surface area is 101 Å². The van der Waals surface area contributed by atoms with Crippen LogP contribution in [-0.2, 0) is 6.54 Å². The highest BCUT2D eigenvalue weighted by molar-refractivity contribution is 5.17. The fraction of sp³-hybridized carbons (Fsp3) is 0.538. The van der Waals surface area contributed by atoms with Crippen molar-refractivity contribution in [3.8, 4) is 0 Å². The summed E-state index contributed by atoms with van der Waals surface area (Å²) in [6.45, 7) is 7.49. The number of hydrogen-bond donors (Lipinski definition) is 2. The molecule has 2 nitrogen and oxygen atoms in total. The number of benzene rings is 1. The zero-order chi connectivity index (χ0) is 12.8. The van der Waals surface area contributed by atoms with Crippen molar-refractivity contribution in [3.05, 3.63) is 35.4 Å². The second kappa shape index (κ2) is 6.67. The predicted molar refractivity (Wildman–Crippen MR) is 65.8 cm³/mol. The van der Waals surface area contributed by atoms with E-state index in [2.05, 4.69) is 24.5 Å². The second-order valence-electron chi connectivity index (χ2n) is 4.62. The number of rotatable bonds is 6. The Morgan fingerprint density at radius 2 is 1.59 bits per heavy atom. The highest BCUT2D eigenvalue weighted by Crippen LogP contribution is 2.07. The zero-order valence-corrected chi connectivity index (χ0v) is 10.6. The molecule has 96 valence electrons. The van der Waals surface area contributed by atoms with E-state index in [1.165, 1.54) is 12.1 Å². The topological polar surface area (TPSA) is 24.1 Å². The third-order valence-electron chi connectivity index (χ3n) is 2.41. The average molecular weight is 242 g/mol. The maximum absolute atomic E-state index is 12.9. The summed E-state index contributed by atoms with van der Waals surface area (Å²) in [6.07, 6.45) is 0. The van der Waals surface area contributed by atoms with E-state index in [0.717, 1.165) is 12.6 Å². The first-order chi connectivity index (χ1) is 7.97. The van der Waals surface area contributed by atoms with E-state index in [1.54, 1.807) is 0 Å². The van der Waals surface area contributed by atoms with Gasteiger partial charge in [-0.2, -0.15) is 0 Å². The van der Waals surface area contributed by atoms with Crippen LogP contribution in [0.4, 0.5) is 8.78 Å². The summed E-state index contributed by atoms with van der Waals surface area (Å²) in [4.78, 5) is 0. The summed E-state index contributed by atoms with van der Waals surface area (Å²) in [6, 6.07) is 4.26. The van der Waals surface area contributed by atoms with Gasteiger partial charge in [0, 0.05) is 31.2 Å². The SMILES string of the molecule is CC(C)NCC(C)NCc1cc(F)cc(F)c1. The van der Waals surface area contributed by atoms with Crippen LogP contribution in [0.15, 0.2) is 18.2 Å². The molecule has 1 aromatic rings. The van der Waals surface area contributed by atoms with Crippen LogP contribution >= 0.6 is 0 Å². The molecule has 0 bridgehead atoms.